The summed E-state index contributed by atoms with van der Waals surface area (Å²) >= 11 is 0. The third-order valence-corrected chi connectivity index (χ3v) is 5.73. The van der Waals surface area contributed by atoms with Gasteiger partial charge in [-0.15, -0.1) is 0 Å². The lowest BCUT2D eigenvalue weighted by molar-refractivity contribution is -0.136. The van der Waals surface area contributed by atoms with Crippen LogP contribution in [0.2, 0.25) is 0 Å². The maximum absolute atomic E-state index is 13.8. The first-order chi connectivity index (χ1) is 12.9. The van der Waals surface area contributed by atoms with Crippen LogP contribution in [-0.4, -0.2) is 52.9 Å². The number of hydrogen-bond acceptors (Lipinski definition) is 3. The van der Waals surface area contributed by atoms with Crippen LogP contribution in [-0.2, 0) is 6.18 Å². The smallest absolute Gasteiger partial charge is 0.336 e. The number of benzene rings is 1. The van der Waals surface area contributed by atoms with Crippen LogP contribution in [0.1, 0.15) is 41.6 Å². The summed E-state index contributed by atoms with van der Waals surface area (Å²) in [6, 6.07) is 6.64. The Kier molecular flexibility index (Phi) is 4.80. The Morgan fingerprint density at radius 3 is 2.37 bits per heavy atom. The van der Waals surface area contributed by atoms with Gasteiger partial charge in [-0.25, -0.2) is 0 Å². The predicted octanol–water partition coefficient (Wildman–Crippen LogP) is 3.95. The fraction of sp³-hybridized carbons (Fsp3) is 0.500. The number of pyridine rings is 1. The molecular weight excluding hydrogens is 355 g/mol. The van der Waals surface area contributed by atoms with Gasteiger partial charge < -0.3 is 4.90 Å². The SMILES string of the molecule is O=C(c1cnc2ccccc2c1C(F)(F)F)N1CCN(C2CCCC2)CC1. The van der Waals surface area contributed by atoms with Crippen molar-refractivity contribution in [1.82, 2.24) is 14.8 Å². The first kappa shape index (κ1) is 18.2. The largest absolute Gasteiger partial charge is 0.417 e. The van der Waals surface area contributed by atoms with Gasteiger partial charge in [-0.05, 0) is 18.9 Å². The topological polar surface area (TPSA) is 36.4 Å². The molecule has 2 heterocycles. The summed E-state index contributed by atoms with van der Waals surface area (Å²) in [5, 5.41) is -0.0274. The fourth-order valence-corrected chi connectivity index (χ4v) is 4.34. The highest BCUT2D eigenvalue weighted by atomic mass is 19.4. The molecule has 7 heteroatoms. The minimum absolute atomic E-state index is 0.0274. The fourth-order valence-electron chi connectivity index (χ4n) is 4.34. The molecule has 0 N–H and O–H groups in total. The van der Waals surface area contributed by atoms with E-state index in [0.29, 0.717) is 19.1 Å². The number of aromatic nitrogens is 1. The van der Waals surface area contributed by atoms with Gasteiger partial charge in [0.25, 0.3) is 5.91 Å². The van der Waals surface area contributed by atoms with E-state index in [-0.39, 0.29) is 16.5 Å². The molecule has 1 amide bonds. The number of halogens is 3. The zero-order chi connectivity index (χ0) is 19.0. The van der Waals surface area contributed by atoms with Crippen LogP contribution in [0.4, 0.5) is 13.2 Å². The summed E-state index contributed by atoms with van der Waals surface area (Å²) in [5.74, 6) is -0.577. The first-order valence-electron chi connectivity index (χ1n) is 9.43. The van der Waals surface area contributed by atoms with Crippen molar-refractivity contribution in [1.29, 1.82) is 0 Å². The van der Waals surface area contributed by atoms with Crippen molar-refractivity contribution in [2.75, 3.05) is 26.2 Å². The van der Waals surface area contributed by atoms with Crippen molar-refractivity contribution in [2.24, 2.45) is 0 Å². The monoisotopic (exact) mass is 377 g/mol. The Morgan fingerprint density at radius 1 is 1.04 bits per heavy atom. The standard InChI is InChI=1S/C20H22F3N3O/c21-20(22,23)18-15-7-3-4-8-17(15)24-13-16(18)19(27)26-11-9-25(10-12-26)14-5-1-2-6-14/h3-4,7-8,13-14H,1-2,5-6,9-12H2. The van der Waals surface area contributed by atoms with Crippen molar-refractivity contribution in [2.45, 2.75) is 37.9 Å². The molecular formula is C20H22F3N3O. The van der Waals surface area contributed by atoms with E-state index < -0.39 is 17.6 Å². The quantitative estimate of drug-likeness (QED) is 0.795. The van der Waals surface area contributed by atoms with Crippen LogP contribution >= 0.6 is 0 Å². The molecule has 1 aromatic carbocycles. The van der Waals surface area contributed by atoms with Crippen molar-refractivity contribution >= 4 is 16.8 Å². The number of rotatable bonds is 2. The molecule has 1 aliphatic heterocycles. The number of para-hydroxylation sites is 1. The van der Waals surface area contributed by atoms with Crippen molar-refractivity contribution in [3.05, 3.63) is 41.6 Å². The highest BCUT2D eigenvalue weighted by Gasteiger charge is 2.39. The second kappa shape index (κ2) is 7.11. The van der Waals surface area contributed by atoms with Crippen molar-refractivity contribution in [3.63, 3.8) is 0 Å². The summed E-state index contributed by atoms with van der Waals surface area (Å²) in [6.45, 7) is 2.36. The molecule has 1 aliphatic carbocycles. The third-order valence-electron chi connectivity index (χ3n) is 5.73. The van der Waals surface area contributed by atoms with Crippen LogP contribution in [0, 0.1) is 0 Å². The average Bonchev–Trinajstić information content (AvgIpc) is 3.20. The Labute approximate surface area is 156 Å². The van der Waals surface area contributed by atoms with Gasteiger partial charge in [-0.3, -0.25) is 14.7 Å². The molecule has 1 aromatic heterocycles. The highest BCUT2D eigenvalue weighted by molar-refractivity contribution is 6.00. The molecule has 27 heavy (non-hydrogen) atoms. The summed E-state index contributed by atoms with van der Waals surface area (Å²) in [6.07, 6.45) is 1.31. The van der Waals surface area contributed by atoms with E-state index in [0.717, 1.165) is 19.3 Å². The summed E-state index contributed by atoms with van der Waals surface area (Å²) in [4.78, 5) is 20.9. The maximum atomic E-state index is 13.8. The number of nitrogens with zero attached hydrogens (tertiary/aromatic N) is 3. The zero-order valence-corrected chi connectivity index (χ0v) is 15.0. The van der Waals surface area contributed by atoms with Gasteiger partial charge in [0.1, 0.15) is 0 Å². The lowest BCUT2D eigenvalue weighted by Crippen LogP contribution is -2.51. The zero-order valence-electron chi connectivity index (χ0n) is 15.0. The van der Waals surface area contributed by atoms with E-state index in [1.54, 1.807) is 6.07 Å². The molecule has 0 atom stereocenters. The molecule has 4 rings (SSSR count). The lowest BCUT2D eigenvalue weighted by atomic mass is 10.0. The van der Waals surface area contributed by atoms with E-state index in [4.69, 9.17) is 0 Å². The summed E-state index contributed by atoms with van der Waals surface area (Å²) in [5.41, 5.74) is -0.987. The first-order valence-corrected chi connectivity index (χ1v) is 9.43. The van der Waals surface area contributed by atoms with Gasteiger partial charge in [0.2, 0.25) is 0 Å². The van der Waals surface area contributed by atoms with E-state index >= 15 is 0 Å². The van der Waals surface area contributed by atoms with E-state index in [2.05, 4.69) is 9.88 Å². The molecule has 2 aromatic rings. The minimum Gasteiger partial charge on any atom is -0.336 e. The van der Waals surface area contributed by atoms with Crippen molar-refractivity contribution in [3.8, 4) is 0 Å². The van der Waals surface area contributed by atoms with Gasteiger partial charge in [-0.1, -0.05) is 31.0 Å². The Morgan fingerprint density at radius 2 is 1.70 bits per heavy atom. The number of piperazine rings is 1. The predicted molar refractivity (Wildman–Crippen MR) is 96.5 cm³/mol. The number of carbonyl (C=O) groups is 1. The Balaban J connectivity index is 1.60. The van der Waals surface area contributed by atoms with Gasteiger partial charge in [0.05, 0.1) is 16.6 Å². The molecule has 4 nitrogen and oxygen atoms in total. The maximum Gasteiger partial charge on any atom is 0.417 e. The number of carbonyl (C=O) groups excluding carboxylic acids is 1. The summed E-state index contributed by atoms with van der Waals surface area (Å²) < 4.78 is 41.3. The van der Waals surface area contributed by atoms with E-state index in [1.165, 1.54) is 48.8 Å². The summed E-state index contributed by atoms with van der Waals surface area (Å²) in [7, 11) is 0. The second-order valence-corrected chi connectivity index (χ2v) is 7.33. The average molecular weight is 377 g/mol. The molecule has 144 valence electrons. The number of hydrogen-bond donors (Lipinski definition) is 0. The van der Waals surface area contributed by atoms with Crippen LogP contribution in [0.15, 0.2) is 30.5 Å². The Bertz CT molecular complexity index is 838. The number of alkyl halides is 3. The molecule has 0 bridgehead atoms. The van der Waals surface area contributed by atoms with Crippen LogP contribution in [0.3, 0.4) is 0 Å². The van der Waals surface area contributed by atoms with Gasteiger partial charge in [-0.2, -0.15) is 13.2 Å². The molecule has 2 fully saturated rings. The minimum atomic E-state index is -4.61. The van der Waals surface area contributed by atoms with Gasteiger partial charge >= 0.3 is 6.18 Å². The number of fused-ring (bicyclic) bond motifs is 1. The third kappa shape index (κ3) is 3.52. The molecule has 0 unspecified atom stereocenters. The highest BCUT2D eigenvalue weighted by Crippen LogP contribution is 2.37. The van der Waals surface area contributed by atoms with Crippen LogP contribution < -0.4 is 0 Å². The van der Waals surface area contributed by atoms with Gasteiger partial charge in [0, 0.05) is 43.8 Å². The van der Waals surface area contributed by atoms with Crippen LogP contribution in [0.5, 0.6) is 0 Å². The van der Waals surface area contributed by atoms with Crippen LogP contribution in [0.25, 0.3) is 10.9 Å². The Hall–Kier alpha value is -2.15. The van der Waals surface area contributed by atoms with Crippen molar-refractivity contribution < 1.29 is 18.0 Å². The molecule has 2 aliphatic rings. The van der Waals surface area contributed by atoms with Gasteiger partial charge in [0.15, 0.2) is 0 Å². The number of amides is 1. The van der Waals surface area contributed by atoms with E-state index in [1.807, 2.05) is 0 Å². The normalized spacial score (nSPS) is 19.7. The second-order valence-electron chi connectivity index (χ2n) is 7.33. The molecule has 0 radical (unpaired) electrons. The molecule has 0 spiro atoms. The lowest BCUT2D eigenvalue weighted by Gasteiger charge is -2.38. The molecule has 1 saturated heterocycles. The molecule has 1 saturated carbocycles. The van der Waals surface area contributed by atoms with E-state index in [9.17, 15) is 18.0 Å².